The predicted molar refractivity (Wildman–Crippen MR) is 81.6 cm³/mol. The minimum atomic E-state index is -0.633. The number of hydrogen-bond donors (Lipinski definition) is 2. The second kappa shape index (κ2) is 7.28. The molecule has 0 atom stereocenters. The van der Waals surface area contributed by atoms with Gasteiger partial charge >= 0.3 is 6.09 Å². The Morgan fingerprint density at radius 2 is 1.85 bits per heavy atom. The van der Waals surface area contributed by atoms with Crippen molar-refractivity contribution in [2.24, 2.45) is 0 Å². The largest absolute Gasteiger partial charge is 0.450 e. The molecule has 0 saturated carbocycles. The van der Waals surface area contributed by atoms with Gasteiger partial charge in [0.15, 0.2) is 0 Å². The Balaban J connectivity index is 1.85. The van der Waals surface area contributed by atoms with E-state index in [9.17, 15) is 9.00 Å². The fourth-order valence-corrected chi connectivity index (χ4v) is 3.41. The van der Waals surface area contributed by atoms with Crippen LogP contribution in [0.5, 0.6) is 0 Å². The van der Waals surface area contributed by atoms with Crippen LogP contribution >= 0.6 is 0 Å². The minimum Gasteiger partial charge on any atom is -0.450 e. The van der Waals surface area contributed by atoms with Gasteiger partial charge in [-0.3, -0.25) is 9.53 Å². The highest BCUT2D eigenvalue weighted by Gasteiger charge is 2.17. The maximum atomic E-state index is 11.3. The molecule has 0 unspecified atom stereocenters. The Hall–Kier alpha value is -1.56. The van der Waals surface area contributed by atoms with Crippen LogP contribution in [0.25, 0.3) is 0 Å². The Labute approximate surface area is 121 Å². The number of nitrogens with one attached hydrogen (secondary N) is 2. The Morgan fingerprint density at radius 1 is 1.25 bits per heavy atom. The first-order valence-corrected chi connectivity index (χ1v) is 8.31. The van der Waals surface area contributed by atoms with Crippen molar-refractivity contribution in [3.8, 4) is 0 Å². The monoisotopic (exact) mass is 296 g/mol. The summed E-state index contributed by atoms with van der Waals surface area (Å²) in [5.41, 5.74) is 1.72. The van der Waals surface area contributed by atoms with Gasteiger partial charge in [0.1, 0.15) is 0 Å². The fraction of sp³-hybridized carbons (Fsp3) is 0.500. The van der Waals surface area contributed by atoms with Gasteiger partial charge in [0.25, 0.3) is 0 Å². The summed E-state index contributed by atoms with van der Waals surface area (Å²) in [6.07, 6.45) is 1.44. The van der Waals surface area contributed by atoms with E-state index < -0.39 is 16.9 Å². The topological polar surface area (TPSA) is 67.4 Å². The van der Waals surface area contributed by atoms with Crippen molar-refractivity contribution in [3.05, 3.63) is 24.3 Å². The van der Waals surface area contributed by atoms with Crippen molar-refractivity contribution < 1.29 is 13.7 Å². The van der Waals surface area contributed by atoms with Crippen molar-refractivity contribution in [2.45, 2.75) is 25.8 Å². The summed E-state index contributed by atoms with van der Waals surface area (Å²) in [6.45, 7) is 2.12. The molecule has 6 heteroatoms. The average Bonchev–Trinajstić information content (AvgIpc) is 2.44. The predicted octanol–water partition coefficient (Wildman–Crippen LogP) is 2.58. The summed E-state index contributed by atoms with van der Waals surface area (Å²) in [5, 5.41) is 6.08. The minimum absolute atomic E-state index is 0.356. The lowest BCUT2D eigenvalue weighted by atomic mass is 10.1. The van der Waals surface area contributed by atoms with E-state index >= 15 is 0 Å². The van der Waals surface area contributed by atoms with Crippen molar-refractivity contribution >= 4 is 28.3 Å². The molecule has 1 aromatic carbocycles. The maximum Gasteiger partial charge on any atom is 0.411 e. The summed E-state index contributed by atoms with van der Waals surface area (Å²) in [7, 11) is -0.633. The van der Waals surface area contributed by atoms with Crippen LogP contribution in [-0.4, -0.2) is 34.5 Å². The van der Waals surface area contributed by atoms with Crippen LogP contribution in [0.2, 0.25) is 0 Å². The molecule has 2 N–H and O–H groups in total. The van der Waals surface area contributed by atoms with Crippen LogP contribution in [0.15, 0.2) is 24.3 Å². The molecule has 5 nitrogen and oxygen atoms in total. The second-order valence-corrected chi connectivity index (χ2v) is 6.39. The first-order chi connectivity index (χ1) is 9.67. The molecule has 0 bridgehead atoms. The van der Waals surface area contributed by atoms with Crippen LogP contribution in [0.4, 0.5) is 16.2 Å². The van der Waals surface area contributed by atoms with Crippen LogP contribution in [0.3, 0.4) is 0 Å². The van der Waals surface area contributed by atoms with Crippen LogP contribution in [0, 0.1) is 0 Å². The van der Waals surface area contributed by atoms with Gasteiger partial charge in [0.2, 0.25) is 0 Å². The zero-order chi connectivity index (χ0) is 14.4. The van der Waals surface area contributed by atoms with Crippen molar-refractivity contribution in [2.75, 3.05) is 28.7 Å². The van der Waals surface area contributed by atoms with Gasteiger partial charge < -0.3 is 10.1 Å². The number of anilines is 2. The zero-order valence-electron chi connectivity index (χ0n) is 11.6. The lowest BCUT2D eigenvalue weighted by molar-refractivity contribution is 0.168. The number of ether oxygens (including phenoxy) is 1. The van der Waals surface area contributed by atoms with E-state index in [-0.39, 0.29) is 0 Å². The molecule has 1 amide bonds. The van der Waals surface area contributed by atoms with Gasteiger partial charge in [0, 0.05) is 39.7 Å². The molecule has 1 heterocycles. The third kappa shape index (κ3) is 4.52. The number of hydrogen-bond acceptors (Lipinski definition) is 4. The number of benzene rings is 1. The van der Waals surface area contributed by atoms with Gasteiger partial charge in [0.05, 0.1) is 6.61 Å². The highest BCUT2D eigenvalue weighted by Crippen LogP contribution is 2.18. The Kier molecular flexibility index (Phi) is 5.40. The van der Waals surface area contributed by atoms with E-state index in [2.05, 4.69) is 10.6 Å². The molecular formula is C14H20N2O3S. The highest BCUT2D eigenvalue weighted by atomic mass is 32.2. The zero-order valence-corrected chi connectivity index (χ0v) is 12.4. The summed E-state index contributed by atoms with van der Waals surface area (Å²) in [4.78, 5) is 11.3. The third-order valence-corrected chi connectivity index (χ3v) is 4.55. The van der Waals surface area contributed by atoms with Crippen LogP contribution < -0.4 is 10.6 Å². The quantitative estimate of drug-likeness (QED) is 0.896. The van der Waals surface area contributed by atoms with Crippen LogP contribution in [-0.2, 0) is 15.5 Å². The number of carbonyl (C=O) groups excluding carboxylic acids is 1. The summed E-state index contributed by atoms with van der Waals surface area (Å²) in [5.74, 6) is 1.56. The molecule has 1 saturated heterocycles. The standard InChI is InChI=1S/C14H20N2O3S/c1-2-19-14(17)16-12-5-3-11(4-6-12)15-13-7-9-20(18)10-8-13/h3-6,13,15H,2,7-10H2,1H3,(H,16,17). The summed E-state index contributed by atoms with van der Waals surface area (Å²) in [6, 6.07) is 7.90. The molecule has 110 valence electrons. The first kappa shape index (κ1) is 14.8. The third-order valence-electron chi connectivity index (χ3n) is 3.17. The van der Waals surface area contributed by atoms with E-state index in [1.165, 1.54) is 0 Å². The van der Waals surface area contributed by atoms with E-state index in [1.807, 2.05) is 24.3 Å². The number of carbonyl (C=O) groups is 1. The molecular weight excluding hydrogens is 276 g/mol. The smallest absolute Gasteiger partial charge is 0.411 e. The van der Waals surface area contributed by atoms with Crippen molar-refractivity contribution in [1.82, 2.24) is 0 Å². The maximum absolute atomic E-state index is 11.3. The molecule has 2 rings (SSSR count). The number of rotatable bonds is 4. The van der Waals surface area contributed by atoms with E-state index in [0.717, 1.165) is 30.0 Å². The molecule has 0 aliphatic carbocycles. The molecule has 1 fully saturated rings. The number of amides is 1. The lowest BCUT2D eigenvalue weighted by Gasteiger charge is -2.23. The van der Waals surface area contributed by atoms with Gasteiger partial charge in [-0.25, -0.2) is 4.79 Å². The molecule has 0 spiro atoms. The molecule has 0 aromatic heterocycles. The van der Waals surface area contributed by atoms with Crippen molar-refractivity contribution in [3.63, 3.8) is 0 Å². The second-order valence-electron chi connectivity index (χ2n) is 4.69. The SMILES string of the molecule is CCOC(=O)Nc1ccc(NC2CCS(=O)CC2)cc1. The summed E-state index contributed by atoms with van der Waals surface area (Å²) >= 11 is 0. The molecule has 1 aliphatic rings. The van der Waals surface area contributed by atoms with E-state index in [0.29, 0.717) is 18.3 Å². The Bertz CT molecular complexity index is 466. The fourth-order valence-electron chi connectivity index (χ4n) is 2.11. The molecule has 20 heavy (non-hydrogen) atoms. The van der Waals surface area contributed by atoms with Gasteiger partial charge in [-0.05, 0) is 44.0 Å². The van der Waals surface area contributed by atoms with Crippen molar-refractivity contribution in [1.29, 1.82) is 0 Å². The lowest BCUT2D eigenvalue weighted by Crippen LogP contribution is -2.29. The van der Waals surface area contributed by atoms with Crippen LogP contribution in [0.1, 0.15) is 19.8 Å². The molecule has 1 aromatic rings. The van der Waals surface area contributed by atoms with E-state index in [4.69, 9.17) is 4.74 Å². The highest BCUT2D eigenvalue weighted by molar-refractivity contribution is 7.85. The molecule has 1 aliphatic heterocycles. The first-order valence-electron chi connectivity index (χ1n) is 6.82. The Morgan fingerprint density at radius 3 is 2.45 bits per heavy atom. The van der Waals surface area contributed by atoms with E-state index in [1.54, 1.807) is 6.92 Å². The van der Waals surface area contributed by atoms with Gasteiger partial charge in [-0.1, -0.05) is 0 Å². The van der Waals surface area contributed by atoms with Gasteiger partial charge in [-0.15, -0.1) is 0 Å². The molecule has 0 radical (unpaired) electrons. The summed E-state index contributed by atoms with van der Waals surface area (Å²) < 4.78 is 16.1. The average molecular weight is 296 g/mol. The van der Waals surface area contributed by atoms with Gasteiger partial charge in [-0.2, -0.15) is 0 Å². The normalized spacial score (nSPS) is 22.1.